The van der Waals surface area contributed by atoms with Crippen molar-refractivity contribution in [2.75, 3.05) is 0 Å². The molecule has 0 atom stereocenters. The van der Waals surface area contributed by atoms with Crippen LogP contribution < -0.4 is 5.43 Å². The molecule has 1 amide bonds. The Hall–Kier alpha value is -2.79. The second-order valence-corrected chi connectivity index (χ2v) is 4.96. The molecule has 0 saturated heterocycles. The minimum atomic E-state index is -0.368. The summed E-state index contributed by atoms with van der Waals surface area (Å²) >= 11 is 5.76. The fourth-order valence-corrected chi connectivity index (χ4v) is 2.14. The van der Waals surface area contributed by atoms with Crippen molar-refractivity contribution in [1.82, 2.24) is 5.43 Å². The van der Waals surface area contributed by atoms with Crippen molar-refractivity contribution < 1.29 is 14.3 Å². The molecule has 1 aromatic heterocycles. The van der Waals surface area contributed by atoms with E-state index in [9.17, 15) is 9.90 Å². The fourth-order valence-electron chi connectivity index (χ4n) is 2.01. The molecule has 0 aliphatic rings. The number of carbonyl (C=O) groups excluding carboxylic acids is 1. The number of furan rings is 1. The molecule has 22 heavy (non-hydrogen) atoms. The number of benzene rings is 2. The summed E-state index contributed by atoms with van der Waals surface area (Å²) < 4.78 is 5.21. The van der Waals surface area contributed by atoms with Gasteiger partial charge in [0.2, 0.25) is 0 Å². The van der Waals surface area contributed by atoms with Crippen molar-refractivity contribution in [3.63, 3.8) is 0 Å². The van der Waals surface area contributed by atoms with E-state index < -0.39 is 0 Å². The first kappa shape index (κ1) is 14.2. The zero-order chi connectivity index (χ0) is 15.5. The van der Waals surface area contributed by atoms with Crippen LogP contribution in [0, 0.1) is 0 Å². The van der Waals surface area contributed by atoms with E-state index in [0.29, 0.717) is 27.1 Å². The Balaban J connectivity index is 1.76. The second kappa shape index (κ2) is 5.91. The quantitative estimate of drug-likeness (QED) is 0.573. The average Bonchev–Trinajstić information content (AvgIpc) is 2.85. The SMILES string of the molecule is O=C(N/N=C/c1oc(O)c2ccccc12)c1ccc(Cl)cc1. The van der Waals surface area contributed by atoms with Gasteiger partial charge in [-0.15, -0.1) is 0 Å². The average molecular weight is 315 g/mol. The predicted octanol–water partition coefficient (Wildman–Crippen LogP) is 3.56. The Bertz CT molecular complexity index is 853. The van der Waals surface area contributed by atoms with Crippen LogP contribution in [-0.2, 0) is 0 Å². The van der Waals surface area contributed by atoms with Crippen molar-refractivity contribution >= 4 is 34.5 Å². The highest BCUT2D eigenvalue weighted by molar-refractivity contribution is 6.30. The minimum absolute atomic E-state index is 0.180. The van der Waals surface area contributed by atoms with Crippen LogP contribution in [0.3, 0.4) is 0 Å². The Labute approximate surface area is 130 Å². The summed E-state index contributed by atoms with van der Waals surface area (Å²) in [5.41, 5.74) is 2.83. The maximum Gasteiger partial charge on any atom is 0.290 e. The molecule has 3 aromatic rings. The first-order chi connectivity index (χ1) is 10.6. The molecule has 0 saturated carbocycles. The fraction of sp³-hybridized carbons (Fsp3) is 0. The van der Waals surface area contributed by atoms with Gasteiger partial charge in [-0.3, -0.25) is 4.79 Å². The third-order valence-corrected chi connectivity index (χ3v) is 3.34. The van der Waals surface area contributed by atoms with Gasteiger partial charge in [-0.25, -0.2) is 5.43 Å². The maximum absolute atomic E-state index is 11.9. The number of carbonyl (C=O) groups is 1. The zero-order valence-corrected chi connectivity index (χ0v) is 12.0. The third-order valence-electron chi connectivity index (χ3n) is 3.08. The van der Waals surface area contributed by atoms with Gasteiger partial charge in [0.15, 0.2) is 5.76 Å². The number of hydrogen-bond donors (Lipinski definition) is 2. The number of fused-ring (bicyclic) bond motifs is 1. The lowest BCUT2D eigenvalue weighted by atomic mass is 10.2. The molecule has 0 unspecified atom stereocenters. The molecular formula is C16H11ClN2O3. The standard InChI is InChI=1S/C16H11ClN2O3/c17-11-7-5-10(6-8-11)15(20)19-18-9-14-12-3-1-2-4-13(12)16(21)22-14/h1-9,21H,(H,19,20)/b18-9+. The van der Waals surface area contributed by atoms with E-state index in [4.69, 9.17) is 16.0 Å². The largest absolute Gasteiger partial charge is 0.480 e. The number of rotatable bonds is 3. The van der Waals surface area contributed by atoms with Gasteiger partial charge in [-0.2, -0.15) is 5.10 Å². The molecule has 3 rings (SSSR count). The summed E-state index contributed by atoms with van der Waals surface area (Å²) in [7, 11) is 0. The van der Waals surface area contributed by atoms with Gasteiger partial charge in [0, 0.05) is 16.0 Å². The zero-order valence-electron chi connectivity index (χ0n) is 11.3. The van der Waals surface area contributed by atoms with E-state index in [1.165, 1.54) is 6.21 Å². The predicted molar refractivity (Wildman–Crippen MR) is 84.4 cm³/mol. The Morgan fingerprint density at radius 1 is 1.14 bits per heavy atom. The number of amides is 1. The third kappa shape index (κ3) is 2.80. The van der Waals surface area contributed by atoms with Crippen molar-refractivity contribution in [2.24, 2.45) is 5.10 Å². The molecule has 5 nitrogen and oxygen atoms in total. The van der Waals surface area contributed by atoms with Gasteiger partial charge in [-0.1, -0.05) is 29.8 Å². The molecule has 6 heteroatoms. The molecule has 2 aromatic carbocycles. The first-order valence-corrected chi connectivity index (χ1v) is 6.82. The highest BCUT2D eigenvalue weighted by Gasteiger charge is 2.10. The Kier molecular flexibility index (Phi) is 3.80. The molecule has 0 spiro atoms. The molecule has 110 valence electrons. The van der Waals surface area contributed by atoms with E-state index in [-0.39, 0.29) is 11.9 Å². The Morgan fingerprint density at radius 2 is 1.82 bits per heavy atom. The van der Waals surface area contributed by atoms with Gasteiger partial charge in [0.25, 0.3) is 11.9 Å². The lowest BCUT2D eigenvalue weighted by Crippen LogP contribution is -2.17. The maximum atomic E-state index is 11.9. The van der Waals surface area contributed by atoms with Crippen molar-refractivity contribution in [3.8, 4) is 5.95 Å². The number of hydrogen-bond acceptors (Lipinski definition) is 4. The summed E-state index contributed by atoms with van der Waals surface area (Å²) in [5.74, 6) is -0.182. The Morgan fingerprint density at radius 3 is 2.55 bits per heavy atom. The number of aromatic hydroxyl groups is 1. The monoisotopic (exact) mass is 314 g/mol. The normalized spacial score (nSPS) is 11.1. The van der Waals surface area contributed by atoms with Crippen molar-refractivity contribution in [2.45, 2.75) is 0 Å². The molecule has 0 fully saturated rings. The van der Waals surface area contributed by atoms with Crippen LogP contribution >= 0.6 is 11.6 Å². The molecule has 0 radical (unpaired) electrons. The molecule has 1 heterocycles. The summed E-state index contributed by atoms with van der Waals surface area (Å²) in [6.45, 7) is 0. The topological polar surface area (TPSA) is 74.8 Å². The van der Waals surface area contributed by atoms with Crippen LogP contribution in [0.1, 0.15) is 16.1 Å². The van der Waals surface area contributed by atoms with Gasteiger partial charge in [0.05, 0.1) is 11.6 Å². The first-order valence-electron chi connectivity index (χ1n) is 6.44. The summed E-state index contributed by atoms with van der Waals surface area (Å²) in [6, 6.07) is 13.6. The number of nitrogens with zero attached hydrogens (tertiary/aromatic N) is 1. The summed E-state index contributed by atoms with van der Waals surface area (Å²) in [6.07, 6.45) is 1.34. The van der Waals surface area contributed by atoms with Gasteiger partial charge in [-0.05, 0) is 30.3 Å². The van der Waals surface area contributed by atoms with E-state index in [2.05, 4.69) is 10.5 Å². The highest BCUT2D eigenvalue weighted by Crippen LogP contribution is 2.29. The minimum Gasteiger partial charge on any atom is -0.480 e. The molecule has 2 N–H and O–H groups in total. The van der Waals surface area contributed by atoms with Crippen molar-refractivity contribution in [3.05, 3.63) is 64.9 Å². The van der Waals surface area contributed by atoms with Crippen LogP contribution in [0.15, 0.2) is 58.0 Å². The van der Waals surface area contributed by atoms with Crippen LogP contribution in [0.25, 0.3) is 10.8 Å². The van der Waals surface area contributed by atoms with E-state index in [1.54, 1.807) is 42.5 Å². The lowest BCUT2D eigenvalue weighted by molar-refractivity contribution is 0.0955. The van der Waals surface area contributed by atoms with Crippen LogP contribution in [-0.4, -0.2) is 17.2 Å². The second-order valence-electron chi connectivity index (χ2n) is 4.52. The molecule has 0 aliphatic heterocycles. The van der Waals surface area contributed by atoms with Gasteiger partial charge >= 0.3 is 0 Å². The van der Waals surface area contributed by atoms with E-state index in [0.717, 1.165) is 0 Å². The molecule has 0 bridgehead atoms. The number of hydrazone groups is 1. The van der Waals surface area contributed by atoms with Gasteiger partial charge < -0.3 is 9.52 Å². The smallest absolute Gasteiger partial charge is 0.290 e. The van der Waals surface area contributed by atoms with E-state index >= 15 is 0 Å². The van der Waals surface area contributed by atoms with Crippen molar-refractivity contribution in [1.29, 1.82) is 0 Å². The molecular weight excluding hydrogens is 304 g/mol. The summed E-state index contributed by atoms with van der Waals surface area (Å²) in [5, 5.41) is 15.4. The van der Waals surface area contributed by atoms with Crippen LogP contribution in [0.5, 0.6) is 5.95 Å². The van der Waals surface area contributed by atoms with Crippen LogP contribution in [0.2, 0.25) is 5.02 Å². The number of halogens is 1. The number of nitrogens with one attached hydrogen (secondary N) is 1. The lowest BCUT2D eigenvalue weighted by Gasteiger charge is -1.99. The van der Waals surface area contributed by atoms with E-state index in [1.807, 2.05) is 6.07 Å². The summed E-state index contributed by atoms with van der Waals surface area (Å²) in [4.78, 5) is 11.9. The van der Waals surface area contributed by atoms with Crippen LogP contribution in [0.4, 0.5) is 0 Å². The highest BCUT2D eigenvalue weighted by atomic mass is 35.5. The van der Waals surface area contributed by atoms with Gasteiger partial charge in [0.1, 0.15) is 0 Å². The molecule has 0 aliphatic carbocycles.